The van der Waals surface area contributed by atoms with Crippen LogP contribution in [0.3, 0.4) is 0 Å². The Hall–Kier alpha value is -4.12. The van der Waals surface area contributed by atoms with E-state index in [0.717, 1.165) is 0 Å². The Morgan fingerprint density at radius 3 is 2.45 bits per heavy atom. The summed E-state index contributed by atoms with van der Waals surface area (Å²) in [5.41, 5.74) is 3.16. The van der Waals surface area contributed by atoms with Crippen LogP contribution in [0.2, 0.25) is 0 Å². The normalized spacial score (nSPS) is 11.0. The van der Waals surface area contributed by atoms with Gasteiger partial charge in [-0.1, -0.05) is 30.3 Å². The Labute approximate surface area is 167 Å². The number of nitrogens with zero attached hydrogens (tertiary/aromatic N) is 4. The lowest BCUT2D eigenvalue weighted by Gasteiger charge is -2.07. The first-order chi connectivity index (χ1) is 14.0. The van der Waals surface area contributed by atoms with E-state index in [1.54, 1.807) is 73.3 Å². The van der Waals surface area contributed by atoms with Crippen molar-refractivity contribution in [3.05, 3.63) is 76.2 Å². The summed E-state index contributed by atoms with van der Waals surface area (Å²) in [6.45, 7) is 1.65. The number of hydrazone groups is 1. The summed E-state index contributed by atoms with van der Waals surface area (Å²) in [5, 5.41) is 13.4. The number of hydrogen-bond donors (Lipinski definition) is 1. The summed E-state index contributed by atoms with van der Waals surface area (Å²) in [4.78, 5) is 25.9. The van der Waals surface area contributed by atoms with E-state index in [2.05, 4.69) is 10.5 Å². The van der Waals surface area contributed by atoms with Gasteiger partial charge in [0, 0.05) is 12.7 Å². The number of benzene rings is 2. The van der Waals surface area contributed by atoms with Gasteiger partial charge in [0.05, 0.1) is 18.5 Å². The molecule has 0 unspecified atom stereocenters. The van der Waals surface area contributed by atoms with Crippen molar-refractivity contribution in [3.63, 3.8) is 0 Å². The molecule has 8 heteroatoms. The molecule has 0 atom stereocenters. The average molecular weight is 389 g/mol. The third-order valence-electron chi connectivity index (χ3n) is 4.50. The lowest BCUT2D eigenvalue weighted by molar-refractivity contribution is 0.106. The van der Waals surface area contributed by atoms with Gasteiger partial charge in [0.25, 0.3) is 5.56 Å². The first kappa shape index (κ1) is 19.6. The molecule has 2 aromatic carbocycles. The number of methoxy groups -OCH3 is 1. The number of carbonyl (C=O) groups is 1. The molecule has 3 rings (SSSR count). The molecule has 0 saturated carbocycles. The molecule has 1 N–H and O–H groups in total. The van der Waals surface area contributed by atoms with Crippen LogP contribution in [0.4, 0.5) is 5.69 Å². The number of hydrogen-bond acceptors (Lipinski definition) is 6. The van der Waals surface area contributed by atoms with Crippen molar-refractivity contribution in [3.8, 4) is 17.5 Å². The second-order valence-corrected chi connectivity index (χ2v) is 6.15. The number of Topliss-reactive ketones (excluding diaryl/α,β-unsaturated/α-hetero) is 1. The topological polar surface area (TPSA) is 101 Å². The fourth-order valence-corrected chi connectivity index (χ4v) is 2.93. The van der Waals surface area contributed by atoms with Crippen LogP contribution in [0.15, 0.2) is 64.5 Å². The quantitative estimate of drug-likeness (QED) is 0.397. The Balaban J connectivity index is 2.01. The molecule has 0 amide bonds. The number of nitrogens with one attached hydrogen (secondary N) is 1. The average Bonchev–Trinajstić information content (AvgIpc) is 2.97. The maximum absolute atomic E-state index is 13.0. The Morgan fingerprint density at radius 1 is 1.14 bits per heavy atom. The number of nitriles is 1. The maximum atomic E-state index is 13.0. The minimum Gasteiger partial charge on any atom is -0.495 e. The minimum absolute atomic E-state index is 0.0986. The number of carbonyl (C=O) groups excluding carboxylic acids is 1. The van der Waals surface area contributed by atoms with Crippen molar-refractivity contribution in [1.29, 1.82) is 5.26 Å². The molecule has 1 heterocycles. The molecular weight excluding hydrogens is 370 g/mol. The number of rotatable bonds is 6. The van der Waals surface area contributed by atoms with E-state index in [1.165, 1.54) is 11.8 Å². The summed E-state index contributed by atoms with van der Waals surface area (Å²) < 4.78 is 8.16. The van der Waals surface area contributed by atoms with Gasteiger partial charge in [-0.3, -0.25) is 19.7 Å². The van der Waals surface area contributed by atoms with Crippen molar-refractivity contribution < 1.29 is 9.53 Å². The summed E-state index contributed by atoms with van der Waals surface area (Å²) >= 11 is 0. The smallest absolute Gasteiger partial charge is 0.283 e. The molecular formula is C21H19N5O3. The number of anilines is 1. The molecule has 8 nitrogen and oxygen atoms in total. The van der Waals surface area contributed by atoms with Gasteiger partial charge in [-0.15, -0.1) is 0 Å². The highest BCUT2D eigenvalue weighted by atomic mass is 16.5. The van der Waals surface area contributed by atoms with Crippen LogP contribution in [-0.2, 0) is 7.05 Å². The summed E-state index contributed by atoms with van der Waals surface area (Å²) in [6.07, 6.45) is 0. The van der Waals surface area contributed by atoms with Crippen molar-refractivity contribution in [2.24, 2.45) is 12.1 Å². The third-order valence-corrected chi connectivity index (χ3v) is 4.50. The predicted molar refractivity (Wildman–Crippen MR) is 110 cm³/mol. The highest BCUT2D eigenvalue weighted by Crippen LogP contribution is 2.23. The Kier molecular flexibility index (Phi) is 5.60. The van der Waals surface area contributed by atoms with Crippen molar-refractivity contribution >= 4 is 17.2 Å². The zero-order valence-corrected chi connectivity index (χ0v) is 16.2. The van der Waals surface area contributed by atoms with E-state index in [-0.39, 0.29) is 5.56 Å². The largest absolute Gasteiger partial charge is 0.495 e. The lowest BCUT2D eigenvalue weighted by Crippen LogP contribution is -2.25. The Bertz CT molecular complexity index is 1180. The number of ketones is 1. The van der Waals surface area contributed by atoms with Crippen LogP contribution in [0.25, 0.3) is 5.69 Å². The first-order valence-electron chi connectivity index (χ1n) is 8.75. The number of aromatic nitrogens is 2. The molecule has 146 valence electrons. The third kappa shape index (κ3) is 3.66. The van der Waals surface area contributed by atoms with Gasteiger partial charge in [-0.25, -0.2) is 4.68 Å². The number of ether oxygens (including phenoxy) is 1. The standard InChI is InChI=1S/C21H19N5O3/c1-14-19(21(28)26(25(14)2)15-9-5-4-6-10-15)20(27)17(13-22)24-23-16-11-7-8-12-18(16)29-3/h4-12,23H,1-3H3/b24-17+. The molecule has 1 aromatic heterocycles. The zero-order chi connectivity index (χ0) is 21.0. The van der Waals surface area contributed by atoms with Crippen LogP contribution in [0, 0.1) is 18.3 Å². The van der Waals surface area contributed by atoms with E-state index in [9.17, 15) is 14.9 Å². The Morgan fingerprint density at radius 2 is 1.79 bits per heavy atom. The van der Waals surface area contributed by atoms with Crippen LogP contribution in [0.5, 0.6) is 5.75 Å². The highest BCUT2D eigenvalue weighted by Gasteiger charge is 2.26. The van der Waals surface area contributed by atoms with Gasteiger partial charge >= 0.3 is 0 Å². The molecule has 0 spiro atoms. The van der Waals surface area contributed by atoms with E-state index >= 15 is 0 Å². The van der Waals surface area contributed by atoms with E-state index in [0.29, 0.717) is 22.8 Å². The molecule has 29 heavy (non-hydrogen) atoms. The van der Waals surface area contributed by atoms with Gasteiger partial charge in [-0.2, -0.15) is 10.4 Å². The van der Waals surface area contributed by atoms with Gasteiger partial charge < -0.3 is 4.74 Å². The van der Waals surface area contributed by atoms with E-state index in [4.69, 9.17) is 4.74 Å². The van der Waals surface area contributed by atoms with Crippen molar-refractivity contribution in [2.75, 3.05) is 12.5 Å². The SMILES string of the molecule is COc1ccccc1N/N=C(\C#N)C(=O)c1c(C)n(C)n(-c2ccccc2)c1=O. The molecule has 3 aromatic rings. The lowest BCUT2D eigenvalue weighted by atomic mass is 10.1. The van der Waals surface area contributed by atoms with Gasteiger partial charge in [-0.05, 0) is 31.2 Å². The first-order valence-corrected chi connectivity index (χ1v) is 8.75. The van der Waals surface area contributed by atoms with Crippen LogP contribution < -0.4 is 15.7 Å². The van der Waals surface area contributed by atoms with Crippen LogP contribution >= 0.6 is 0 Å². The fourth-order valence-electron chi connectivity index (χ4n) is 2.93. The highest BCUT2D eigenvalue weighted by molar-refractivity contribution is 6.51. The molecule has 0 bridgehead atoms. The monoisotopic (exact) mass is 389 g/mol. The summed E-state index contributed by atoms with van der Waals surface area (Å²) in [6, 6.07) is 17.7. The summed E-state index contributed by atoms with van der Waals surface area (Å²) in [5.74, 6) is -0.244. The van der Waals surface area contributed by atoms with Crippen LogP contribution in [-0.4, -0.2) is 28.0 Å². The van der Waals surface area contributed by atoms with Crippen LogP contribution in [0.1, 0.15) is 16.1 Å². The van der Waals surface area contributed by atoms with Gasteiger partial charge in [0.1, 0.15) is 17.4 Å². The molecule has 0 fully saturated rings. The van der Waals surface area contributed by atoms with Gasteiger partial charge in [0.15, 0.2) is 0 Å². The summed E-state index contributed by atoms with van der Waals surface area (Å²) in [7, 11) is 3.18. The maximum Gasteiger partial charge on any atom is 0.283 e. The second-order valence-electron chi connectivity index (χ2n) is 6.15. The van der Waals surface area contributed by atoms with Crippen molar-refractivity contribution in [2.45, 2.75) is 6.92 Å². The molecule has 0 aliphatic heterocycles. The predicted octanol–water partition coefficient (Wildman–Crippen LogP) is 2.67. The molecule has 0 aliphatic rings. The zero-order valence-electron chi connectivity index (χ0n) is 16.2. The molecule has 0 aliphatic carbocycles. The fraction of sp³-hybridized carbons (Fsp3) is 0.143. The van der Waals surface area contributed by atoms with Gasteiger partial charge in [0.2, 0.25) is 11.5 Å². The number of para-hydroxylation sites is 3. The molecule has 0 saturated heterocycles. The van der Waals surface area contributed by atoms with E-state index in [1.807, 2.05) is 6.07 Å². The second kappa shape index (κ2) is 8.27. The molecule has 0 radical (unpaired) electrons. The van der Waals surface area contributed by atoms with E-state index < -0.39 is 17.1 Å². The van der Waals surface area contributed by atoms with Crippen molar-refractivity contribution in [1.82, 2.24) is 9.36 Å². The minimum atomic E-state index is -0.748.